The summed E-state index contributed by atoms with van der Waals surface area (Å²) in [7, 11) is 0. The van der Waals surface area contributed by atoms with Crippen molar-refractivity contribution in [3.63, 3.8) is 0 Å². The van der Waals surface area contributed by atoms with Crippen molar-refractivity contribution >= 4 is 11.4 Å². The van der Waals surface area contributed by atoms with Gasteiger partial charge in [0.2, 0.25) is 0 Å². The number of rotatable bonds is 7. The van der Waals surface area contributed by atoms with Gasteiger partial charge < -0.3 is 10.1 Å². The lowest BCUT2D eigenvalue weighted by Crippen LogP contribution is -2.09. The van der Waals surface area contributed by atoms with Gasteiger partial charge >= 0.3 is 5.69 Å². The number of nitrogens with one attached hydrogen (secondary N) is 1. The van der Waals surface area contributed by atoms with E-state index in [1.54, 1.807) is 12.1 Å². The Bertz CT molecular complexity index is 482. The van der Waals surface area contributed by atoms with Gasteiger partial charge in [0, 0.05) is 24.4 Å². The van der Waals surface area contributed by atoms with Crippen molar-refractivity contribution in [2.45, 2.75) is 52.1 Å². The van der Waals surface area contributed by atoms with Crippen LogP contribution in [0.5, 0.6) is 5.75 Å². The molecule has 1 aromatic carbocycles. The molecule has 21 heavy (non-hydrogen) atoms. The van der Waals surface area contributed by atoms with E-state index < -0.39 is 4.92 Å². The summed E-state index contributed by atoms with van der Waals surface area (Å²) < 4.78 is 5.55. The first-order valence-electron chi connectivity index (χ1n) is 7.75. The van der Waals surface area contributed by atoms with Crippen LogP contribution in [0.4, 0.5) is 11.4 Å². The Hall–Kier alpha value is -1.78. The van der Waals surface area contributed by atoms with Gasteiger partial charge in [-0.1, -0.05) is 25.7 Å². The molecule has 0 heterocycles. The normalized spacial score (nSPS) is 15.4. The van der Waals surface area contributed by atoms with E-state index in [2.05, 4.69) is 5.32 Å². The molecule has 0 unspecified atom stereocenters. The van der Waals surface area contributed by atoms with Crippen LogP contribution < -0.4 is 10.1 Å². The number of anilines is 1. The number of nitrogens with zero attached hydrogens (tertiary/aromatic N) is 1. The maximum atomic E-state index is 11.0. The zero-order valence-corrected chi connectivity index (χ0v) is 12.8. The minimum atomic E-state index is -0.403. The number of nitro groups is 1. The molecule has 0 amide bonds. The maximum absolute atomic E-state index is 11.0. The van der Waals surface area contributed by atoms with E-state index in [4.69, 9.17) is 4.74 Å². The van der Waals surface area contributed by atoms with Crippen LogP contribution in [0.25, 0.3) is 0 Å². The molecule has 0 radical (unpaired) electrons. The minimum absolute atomic E-state index is 0.0186. The lowest BCUT2D eigenvalue weighted by molar-refractivity contribution is -0.386. The van der Waals surface area contributed by atoms with E-state index in [9.17, 15) is 10.1 Å². The second-order valence-corrected chi connectivity index (χ2v) is 5.97. The van der Waals surface area contributed by atoms with Crippen molar-refractivity contribution in [3.8, 4) is 5.75 Å². The summed E-state index contributed by atoms with van der Waals surface area (Å²) in [5.74, 6) is 1.17. The zero-order valence-electron chi connectivity index (χ0n) is 12.8. The molecule has 1 N–H and O–H groups in total. The Morgan fingerprint density at radius 1 is 1.38 bits per heavy atom. The summed E-state index contributed by atoms with van der Waals surface area (Å²) in [6.07, 6.45) is 6.46. The van der Waals surface area contributed by atoms with Gasteiger partial charge in [-0.3, -0.25) is 10.1 Å². The molecule has 1 aromatic rings. The van der Waals surface area contributed by atoms with Crippen LogP contribution in [0.15, 0.2) is 18.2 Å². The van der Waals surface area contributed by atoms with E-state index in [1.165, 1.54) is 31.7 Å². The fourth-order valence-corrected chi connectivity index (χ4v) is 2.84. The quantitative estimate of drug-likeness (QED) is 0.598. The average Bonchev–Trinajstić information content (AvgIpc) is 2.91. The van der Waals surface area contributed by atoms with Crippen molar-refractivity contribution in [1.29, 1.82) is 0 Å². The number of nitro benzene ring substituents is 1. The molecule has 1 fully saturated rings. The largest absolute Gasteiger partial charge is 0.484 e. The van der Waals surface area contributed by atoms with E-state index in [1.807, 2.05) is 13.8 Å². The van der Waals surface area contributed by atoms with Crippen LogP contribution in [0.1, 0.15) is 46.0 Å². The van der Waals surface area contributed by atoms with Crippen LogP contribution in [-0.4, -0.2) is 17.6 Å². The predicted molar refractivity (Wildman–Crippen MR) is 83.9 cm³/mol. The van der Waals surface area contributed by atoms with Gasteiger partial charge in [0.1, 0.15) is 0 Å². The average molecular weight is 292 g/mol. The highest BCUT2D eigenvalue weighted by molar-refractivity contribution is 5.58. The lowest BCUT2D eigenvalue weighted by Gasteiger charge is -2.13. The van der Waals surface area contributed by atoms with Gasteiger partial charge in [-0.05, 0) is 32.3 Å². The second kappa shape index (κ2) is 7.29. The monoisotopic (exact) mass is 292 g/mol. The summed E-state index contributed by atoms with van der Waals surface area (Å²) in [5, 5.41) is 14.4. The minimum Gasteiger partial charge on any atom is -0.484 e. The molecular formula is C16H24N2O3. The van der Waals surface area contributed by atoms with Gasteiger partial charge in [-0.2, -0.15) is 0 Å². The Kier molecular flexibility index (Phi) is 5.42. The molecule has 2 rings (SSSR count). The molecule has 0 bridgehead atoms. The van der Waals surface area contributed by atoms with Gasteiger partial charge in [0.15, 0.2) is 5.75 Å². The molecule has 0 aliphatic heterocycles. The number of hydrogen-bond acceptors (Lipinski definition) is 4. The first-order chi connectivity index (χ1) is 10.1. The Labute approximate surface area is 125 Å². The first-order valence-corrected chi connectivity index (χ1v) is 7.75. The number of benzene rings is 1. The van der Waals surface area contributed by atoms with E-state index in [0.29, 0.717) is 5.75 Å². The summed E-state index contributed by atoms with van der Waals surface area (Å²) >= 11 is 0. The fourth-order valence-electron chi connectivity index (χ4n) is 2.84. The Morgan fingerprint density at radius 3 is 2.71 bits per heavy atom. The molecule has 1 saturated carbocycles. The Balaban J connectivity index is 1.97. The van der Waals surface area contributed by atoms with Crippen LogP contribution in [0.2, 0.25) is 0 Å². The summed E-state index contributed by atoms with van der Waals surface area (Å²) in [5.41, 5.74) is 0.902. The maximum Gasteiger partial charge on any atom is 0.311 e. The predicted octanol–water partition coefficient (Wildman–Crippen LogP) is 4.37. The Morgan fingerprint density at radius 2 is 2.10 bits per heavy atom. The number of hydrogen-bond donors (Lipinski definition) is 1. The molecule has 1 aliphatic rings. The van der Waals surface area contributed by atoms with Crippen LogP contribution in [0.3, 0.4) is 0 Å². The molecule has 0 saturated heterocycles. The number of ether oxygens (including phenoxy) is 1. The summed E-state index contributed by atoms with van der Waals surface area (Å²) in [4.78, 5) is 10.6. The van der Waals surface area contributed by atoms with Crippen molar-refractivity contribution in [2.24, 2.45) is 5.92 Å². The smallest absolute Gasteiger partial charge is 0.311 e. The van der Waals surface area contributed by atoms with E-state index in [-0.39, 0.29) is 11.8 Å². The molecule has 116 valence electrons. The highest BCUT2D eigenvalue weighted by atomic mass is 16.6. The highest BCUT2D eigenvalue weighted by Gasteiger charge is 2.17. The van der Waals surface area contributed by atoms with Gasteiger partial charge in [0.05, 0.1) is 11.0 Å². The standard InChI is InChI=1S/C16H24N2O3/c1-12(2)21-16-11-14(7-8-15(16)18(19)20)17-10-9-13-5-3-4-6-13/h7-8,11-13,17H,3-6,9-10H2,1-2H3. The SMILES string of the molecule is CC(C)Oc1cc(NCCC2CCCC2)ccc1[N+](=O)[O-]. The fraction of sp³-hybridized carbons (Fsp3) is 0.625. The molecule has 0 atom stereocenters. The molecule has 0 spiro atoms. The molecule has 5 nitrogen and oxygen atoms in total. The molecule has 5 heteroatoms. The van der Waals surface area contributed by atoms with Crippen molar-refractivity contribution < 1.29 is 9.66 Å². The van der Waals surface area contributed by atoms with E-state index in [0.717, 1.165) is 24.6 Å². The van der Waals surface area contributed by atoms with Gasteiger partial charge in [-0.15, -0.1) is 0 Å². The van der Waals surface area contributed by atoms with Crippen molar-refractivity contribution in [2.75, 3.05) is 11.9 Å². The highest BCUT2D eigenvalue weighted by Crippen LogP contribution is 2.31. The van der Waals surface area contributed by atoms with Crippen LogP contribution in [0, 0.1) is 16.0 Å². The second-order valence-electron chi connectivity index (χ2n) is 5.97. The van der Waals surface area contributed by atoms with E-state index >= 15 is 0 Å². The lowest BCUT2D eigenvalue weighted by atomic mass is 10.0. The molecule has 1 aliphatic carbocycles. The third-order valence-electron chi connectivity index (χ3n) is 3.88. The van der Waals surface area contributed by atoms with Crippen molar-refractivity contribution in [3.05, 3.63) is 28.3 Å². The zero-order chi connectivity index (χ0) is 15.2. The van der Waals surface area contributed by atoms with Crippen LogP contribution >= 0.6 is 0 Å². The molecular weight excluding hydrogens is 268 g/mol. The van der Waals surface area contributed by atoms with Gasteiger partial charge in [-0.25, -0.2) is 0 Å². The van der Waals surface area contributed by atoms with Crippen LogP contribution in [-0.2, 0) is 0 Å². The summed E-state index contributed by atoms with van der Waals surface area (Å²) in [6, 6.07) is 4.99. The third kappa shape index (κ3) is 4.62. The van der Waals surface area contributed by atoms with Gasteiger partial charge in [0.25, 0.3) is 0 Å². The first kappa shape index (κ1) is 15.6. The van der Waals surface area contributed by atoms with Crippen molar-refractivity contribution in [1.82, 2.24) is 0 Å². The molecule has 0 aromatic heterocycles. The third-order valence-corrected chi connectivity index (χ3v) is 3.88. The topological polar surface area (TPSA) is 64.4 Å². The summed E-state index contributed by atoms with van der Waals surface area (Å²) in [6.45, 7) is 4.64.